The number of benzene rings is 11. The minimum Gasteiger partial charge on any atom is -0.456 e. The summed E-state index contributed by atoms with van der Waals surface area (Å²) in [5, 5.41) is 4.75. The minimum absolute atomic E-state index is 0.877. The zero-order valence-corrected chi connectivity index (χ0v) is 37.7. The Morgan fingerprint density at radius 2 is 0.725 bits per heavy atom. The van der Waals surface area contributed by atoms with Crippen LogP contribution in [0.3, 0.4) is 0 Å². The van der Waals surface area contributed by atoms with Crippen LogP contribution in [0, 0.1) is 0 Å². The van der Waals surface area contributed by atoms with Gasteiger partial charge in [0.25, 0.3) is 0 Å². The molecule has 13 aromatic rings. The lowest BCUT2D eigenvalue weighted by Crippen LogP contribution is -2.11. The van der Waals surface area contributed by atoms with E-state index in [-0.39, 0.29) is 0 Å². The molecular formula is C66H44N2O. The van der Waals surface area contributed by atoms with E-state index in [4.69, 9.17) is 4.42 Å². The number of rotatable bonds is 9. The monoisotopic (exact) mass is 880 g/mol. The molecule has 3 heteroatoms. The Kier molecular flexibility index (Phi) is 9.84. The van der Waals surface area contributed by atoms with E-state index in [2.05, 4.69) is 270 Å². The number of hydrogen-bond acceptors (Lipinski definition) is 2. The molecule has 0 aliphatic carbocycles. The zero-order valence-electron chi connectivity index (χ0n) is 37.7. The molecule has 0 bridgehead atoms. The van der Waals surface area contributed by atoms with Crippen molar-refractivity contribution >= 4 is 60.8 Å². The number of fused-ring (bicyclic) bond motifs is 6. The molecule has 0 saturated heterocycles. The SMILES string of the molecule is c1ccc(-c2cccc(-c3ccc(N(c4ccc(-c5cccc(-c6cccc(-n7c8ccccc8c8ccccc87)c6)c5)cc4)c4ccccc4-c4cccc5oc6ccccc6c45)cc3)c2)cc1. The highest BCUT2D eigenvalue weighted by molar-refractivity contribution is 6.14. The van der Waals surface area contributed by atoms with E-state index in [1.54, 1.807) is 0 Å². The molecular weight excluding hydrogens is 837 g/mol. The van der Waals surface area contributed by atoms with Crippen molar-refractivity contribution in [1.82, 2.24) is 4.57 Å². The fourth-order valence-electron chi connectivity index (χ4n) is 10.3. The second-order valence-electron chi connectivity index (χ2n) is 17.7. The maximum Gasteiger partial charge on any atom is 0.136 e. The summed E-state index contributed by atoms with van der Waals surface area (Å²) >= 11 is 0. The molecule has 324 valence electrons. The van der Waals surface area contributed by atoms with Crippen LogP contribution in [-0.4, -0.2) is 4.57 Å². The van der Waals surface area contributed by atoms with Crippen LogP contribution in [0.5, 0.6) is 0 Å². The van der Waals surface area contributed by atoms with E-state index >= 15 is 0 Å². The lowest BCUT2D eigenvalue weighted by atomic mass is 9.96. The zero-order chi connectivity index (χ0) is 45.7. The molecule has 0 unspecified atom stereocenters. The second-order valence-corrected chi connectivity index (χ2v) is 17.7. The quantitative estimate of drug-likeness (QED) is 0.144. The normalized spacial score (nSPS) is 11.5. The summed E-state index contributed by atoms with van der Waals surface area (Å²) in [6, 6.07) is 96.1. The van der Waals surface area contributed by atoms with Gasteiger partial charge in [-0.05, 0) is 129 Å². The first-order chi connectivity index (χ1) is 34.2. The summed E-state index contributed by atoms with van der Waals surface area (Å²) in [4.78, 5) is 2.39. The van der Waals surface area contributed by atoms with E-state index in [0.29, 0.717) is 0 Å². The Labute approximate surface area is 401 Å². The summed E-state index contributed by atoms with van der Waals surface area (Å²) in [7, 11) is 0. The molecule has 0 N–H and O–H groups in total. The number of para-hydroxylation sites is 4. The van der Waals surface area contributed by atoms with Crippen molar-refractivity contribution in [3.8, 4) is 61.3 Å². The second kappa shape index (κ2) is 16.9. The predicted molar refractivity (Wildman–Crippen MR) is 290 cm³/mol. The van der Waals surface area contributed by atoms with Crippen LogP contribution in [0.1, 0.15) is 0 Å². The number of hydrogen-bond donors (Lipinski definition) is 0. The average Bonchev–Trinajstić information content (AvgIpc) is 3.98. The van der Waals surface area contributed by atoms with Crippen molar-refractivity contribution in [3.05, 3.63) is 267 Å². The fraction of sp³-hybridized carbons (Fsp3) is 0. The van der Waals surface area contributed by atoms with Gasteiger partial charge in [-0.1, -0.05) is 188 Å². The largest absolute Gasteiger partial charge is 0.456 e. The van der Waals surface area contributed by atoms with Crippen LogP contribution >= 0.6 is 0 Å². The molecule has 0 aliphatic rings. The van der Waals surface area contributed by atoms with E-state index in [9.17, 15) is 0 Å². The standard InChI is InChI=1S/C66H44N2O/c1-2-16-45(17-3-1)48-18-12-19-49(42-48)46-34-38-53(39-35-46)67(61-29-8-6-26-58(61)59-28-15-33-65-66(59)60-27-7-11-32-64(60)69-65)54-40-36-47(37-41-54)50-20-13-21-51(43-50)52-22-14-23-55(44-52)68-62-30-9-4-24-56(62)57-25-5-10-31-63(57)68/h1-44H. The first-order valence-electron chi connectivity index (χ1n) is 23.6. The van der Waals surface area contributed by atoms with Crippen LogP contribution in [0.4, 0.5) is 17.1 Å². The van der Waals surface area contributed by atoms with E-state index in [1.165, 1.54) is 49.6 Å². The van der Waals surface area contributed by atoms with Gasteiger partial charge in [0.2, 0.25) is 0 Å². The third kappa shape index (κ3) is 7.16. The lowest BCUT2D eigenvalue weighted by molar-refractivity contribution is 0.669. The Morgan fingerprint density at radius 3 is 1.36 bits per heavy atom. The van der Waals surface area contributed by atoms with Gasteiger partial charge in [0, 0.05) is 44.2 Å². The molecule has 11 aromatic carbocycles. The van der Waals surface area contributed by atoms with E-state index in [0.717, 1.165) is 72.5 Å². The van der Waals surface area contributed by atoms with Crippen molar-refractivity contribution in [2.45, 2.75) is 0 Å². The van der Waals surface area contributed by atoms with Gasteiger partial charge in [0.05, 0.1) is 16.7 Å². The van der Waals surface area contributed by atoms with Gasteiger partial charge in [-0.15, -0.1) is 0 Å². The van der Waals surface area contributed by atoms with Crippen LogP contribution in [0.15, 0.2) is 271 Å². The number of anilines is 3. The van der Waals surface area contributed by atoms with Crippen molar-refractivity contribution in [2.75, 3.05) is 4.90 Å². The maximum absolute atomic E-state index is 6.41. The smallest absolute Gasteiger partial charge is 0.136 e. The summed E-state index contributed by atoms with van der Waals surface area (Å²) in [5.41, 5.74) is 20.2. The molecule has 0 saturated carbocycles. The van der Waals surface area contributed by atoms with Crippen molar-refractivity contribution < 1.29 is 4.42 Å². The Morgan fingerprint density at radius 1 is 0.290 bits per heavy atom. The first-order valence-corrected chi connectivity index (χ1v) is 23.6. The topological polar surface area (TPSA) is 21.3 Å². The molecule has 0 atom stereocenters. The summed E-state index contributed by atoms with van der Waals surface area (Å²) in [6.45, 7) is 0. The van der Waals surface area contributed by atoms with Crippen molar-refractivity contribution in [3.63, 3.8) is 0 Å². The van der Waals surface area contributed by atoms with Gasteiger partial charge in [-0.2, -0.15) is 0 Å². The number of furan rings is 1. The fourth-order valence-corrected chi connectivity index (χ4v) is 10.3. The minimum atomic E-state index is 0.877. The van der Waals surface area contributed by atoms with Crippen LogP contribution in [-0.2, 0) is 0 Å². The highest BCUT2D eigenvalue weighted by Gasteiger charge is 2.21. The molecule has 0 radical (unpaired) electrons. The molecule has 3 nitrogen and oxygen atoms in total. The number of aromatic nitrogens is 1. The van der Waals surface area contributed by atoms with Gasteiger partial charge < -0.3 is 13.9 Å². The van der Waals surface area contributed by atoms with Gasteiger partial charge in [-0.3, -0.25) is 0 Å². The molecule has 0 amide bonds. The molecule has 0 spiro atoms. The first kappa shape index (κ1) is 40.1. The van der Waals surface area contributed by atoms with E-state index in [1.807, 2.05) is 6.07 Å². The Hall–Kier alpha value is -9.18. The molecule has 13 rings (SSSR count). The predicted octanol–water partition coefficient (Wildman–Crippen LogP) is 18.5. The van der Waals surface area contributed by atoms with Crippen molar-refractivity contribution in [2.24, 2.45) is 0 Å². The maximum atomic E-state index is 6.41. The lowest BCUT2D eigenvalue weighted by Gasteiger charge is -2.28. The third-order valence-electron chi connectivity index (χ3n) is 13.6. The van der Waals surface area contributed by atoms with Crippen molar-refractivity contribution in [1.29, 1.82) is 0 Å². The molecule has 2 heterocycles. The van der Waals surface area contributed by atoms with Crippen LogP contribution < -0.4 is 4.90 Å². The molecule has 0 fully saturated rings. The molecule has 2 aromatic heterocycles. The highest BCUT2D eigenvalue weighted by Crippen LogP contribution is 2.45. The summed E-state index contributed by atoms with van der Waals surface area (Å²) in [5.74, 6) is 0. The summed E-state index contributed by atoms with van der Waals surface area (Å²) < 4.78 is 8.79. The Balaban J connectivity index is 0.892. The Bertz CT molecular complexity index is 3960. The van der Waals surface area contributed by atoms with Gasteiger partial charge in [0.1, 0.15) is 11.2 Å². The van der Waals surface area contributed by atoms with Gasteiger partial charge in [-0.25, -0.2) is 0 Å². The summed E-state index contributed by atoms with van der Waals surface area (Å²) in [6.07, 6.45) is 0. The van der Waals surface area contributed by atoms with Gasteiger partial charge >= 0.3 is 0 Å². The molecule has 0 aliphatic heterocycles. The number of nitrogens with zero attached hydrogens (tertiary/aromatic N) is 2. The third-order valence-corrected chi connectivity index (χ3v) is 13.6. The van der Waals surface area contributed by atoms with Gasteiger partial charge in [0.15, 0.2) is 0 Å². The highest BCUT2D eigenvalue weighted by atomic mass is 16.3. The average molecular weight is 881 g/mol. The van der Waals surface area contributed by atoms with E-state index < -0.39 is 0 Å². The molecule has 69 heavy (non-hydrogen) atoms. The van der Waals surface area contributed by atoms with Crippen LogP contribution in [0.25, 0.3) is 105 Å². The van der Waals surface area contributed by atoms with Crippen LogP contribution in [0.2, 0.25) is 0 Å².